The van der Waals surface area contributed by atoms with Crippen LogP contribution in [0.25, 0.3) is 0 Å². The Balaban J connectivity index is 2.77. The maximum atomic E-state index is 5.94. The highest BCUT2D eigenvalue weighted by molar-refractivity contribution is 6.83. The first kappa shape index (κ1) is 14.0. The van der Waals surface area contributed by atoms with Crippen molar-refractivity contribution in [2.75, 3.05) is 13.7 Å². The van der Waals surface area contributed by atoms with Gasteiger partial charge in [-0.1, -0.05) is 37.7 Å². The van der Waals surface area contributed by atoms with Gasteiger partial charge in [-0.2, -0.15) is 0 Å². The van der Waals surface area contributed by atoms with Crippen molar-refractivity contribution in [3.05, 3.63) is 35.4 Å². The Bertz CT molecular complexity index is 409. The quantitative estimate of drug-likeness (QED) is 0.658. The molecule has 1 rings (SSSR count). The van der Waals surface area contributed by atoms with Crippen LogP contribution in [0.5, 0.6) is 0 Å². The summed E-state index contributed by atoms with van der Waals surface area (Å²) in [5, 5.41) is 0. The molecule has 0 unspecified atom stereocenters. The molecule has 0 spiro atoms. The Morgan fingerprint density at radius 2 is 1.82 bits per heavy atom. The molecular weight excluding hydrogens is 226 g/mol. The van der Waals surface area contributed by atoms with Crippen LogP contribution in [0.4, 0.5) is 0 Å². The Morgan fingerprint density at radius 1 is 1.24 bits per heavy atom. The smallest absolute Gasteiger partial charge is 0.129 e. The monoisotopic (exact) mass is 247 g/mol. The molecular formula is C14H21NOSi. The highest BCUT2D eigenvalue weighted by Crippen LogP contribution is 2.11. The summed E-state index contributed by atoms with van der Waals surface area (Å²) < 4.78 is 5.03. The molecule has 1 aromatic carbocycles. The molecule has 0 fully saturated rings. The molecule has 1 aromatic rings. The summed E-state index contributed by atoms with van der Waals surface area (Å²) in [5.74, 6) is 3.22. The Hall–Kier alpha value is -1.08. The van der Waals surface area contributed by atoms with E-state index < -0.39 is 8.07 Å². The van der Waals surface area contributed by atoms with Gasteiger partial charge in [0, 0.05) is 12.7 Å². The van der Waals surface area contributed by atoms with Gasteiger partial charge in [0.15, 0.2) is 0 Å². The standard InChI is InChI=1S/C14H21NOSi/c1-16-11-14(15)13-7-5-12(6-8-13)9-10-17(2,3)4/h5-8,14H,11,15H2,1-4H3/t14-/m0/s1. The van der Waals surface area contributed by atoms with Crippen LogP contribution in [0.15, 0.2) is 24.3 Å². The third-order valence-electron chi connectivity index (χ3n) is 2.27. The van der Waals surface area contributed by atoms with Crippen molar-refractivity contribution in [2.24, 2.45) is 5.73 Å². The minimum Gasteiger partial charge on any atom is -0.383 e. The van der Waals surface area contributed by atoms with Crippen molar-refractivity contribution < 1.29 is 4.74 Å². The van der Waals surface area contributed by atoms with Gasteiger partial charge < -0.3 is 10.5 Å². The first-order valence-electron chi connectivity index (χ1n) is 5.80. The SMILES string of the molecule is COC[C@H](N)c1ccc(C#C[Si](C)(C)C)cc1. The number of ether oxygens (including phenoxy) is 1. The summed E-state index contributed by atoms with van der Waals surface area (Å²) in [6, 6.07) is 8.05. The largest absolute Gasteiger partial charge is 0.383 e. The van der Waals surface area contributed by atoms with Gasteiger partial charge in [0.2, 0.25) is 0 Å². The summed E-state index contributed by atoms with van der Waals surface area (Å²) in [6.45, 7) is 7.26. The van der Waals surface area contributed by atoms with Crippen molar-refractivity contribution >= 4 is 8.07 Å². The molecule has 2 nitrogen and oxygen atoms in total. The summed E-state index contributed by atoms with van der Waals surface area (Å²) in [7, 11) is 0.366. The predicted molar refractivity (Wildman–Crippen MR) is 75.5 cm³/mol. The fourth-order valence-electron chi connectivity index (χ4n) is 1.35. The molecule has 0 heterocycles. The van der Waals surface area contributed by atoms with Crippen LogP contribution in [0, 0.1) is 11.5 Å². The Kier molecular flexibility index (Phi) is 4.95. The number of rotatable bonds is 3. The lowest BCUT2D eigenvalue weighted by molar-refractivity contribution is 0.181. The van der Waals surface area contributed by atoms with Crippen molar-refractivity contribution in [2.45, 2.75) is 25.7 Å². The molecule has 0 amide bonds. The molecule has 0 aliphatic carbocycles. The second-order valence-electron chi connectivity index (χ2n) is 5.18. The highest BCUT2D eigenvalue weighted by atomic mass is 28.3. The average Bonchev–Trinajstić information content (AvgIpc) is 2.26. The van der Waals surface area contributed by atoms with E-state index in [1.807, 2.05) is 24.3 Å². The van der Waals surface area contributed by atoms with E-state index in [2.05, 4.69) is 31.1 Å². The molecule has 2 N–H and O–H groups in total. The van der Waals surface area contributed by atoms with Crippen molar-refractivity contribution in [3.8, 4) is 11.5 Å². The van der Waals surface area contributed by atoms with Crippen molar-refractivity contribution in [1.82, 2.24) is 0 Å². The van der Waals surface area contributed by atoms with Crippen LogP contribution in [-0.4, -0.2) is 21.8 Å². The van der Waals surface area contributed by atoms with E-state index in [0.29, 0.717) is 6.61 Å². The first-order valence-corrected chi connectivity index (χ1v) is 9.30. The van der Waals surface area contributed by atoms with Crippen LogP contribution in [0.2, 0.25) is 19.6 Å². The second-order valence-corrected chi connectivity index (χ2v) is 9.93. The van der Waals surface area contributed by atoms with E-state index in [-0.39, 0.29) is 6.04 Å². The molecule has 3 heteroatoms. The molecule has 0 aromatic heterocycles. The number of benzene rings is 1. The van der Waals surface area contributed by atoms with E-state index in [4.69, 9.17) is 10.5 Å². The summed E-state index contributed by atoms with van der Waals surface area (Å²) in [4.78, 5) is 0. The van der Waals surface area contributed by atoms with E-state index in [1.165, 1.54) is 0 Å². The zero-order chi connectivity index (χ0) is 12.9. The lowest BCUT2D eigenvalue weighted by atomic mass is 10.1. The maximum Gasteiger partial charge on any atom is 0.129 e. The number of hydrogen-bond donors (Lipinski definition) is 1. The minimum atomic E-state index is -1.29. The van der Waals surface area contributed by atoms with Gasteiger partial charge in [0.25, 0.3) is 0 Å². The van der Waals surface area contributed by atoms with Crippen LogP contribution in [0.3, 0.4) is 0 Å². The molecule has 0 aliphatic rings. The van der Waals surface area contributed by atoms with Crippen LogP contribution >= 0.6 is 0 Å². The molecule has 0 saturated carbocycles. The van der Waals surface area contributed by atoms with Crippen molar-refractivity contribution in [3.63, 3.8) is 0 Å². The number of hydrogen-bond acceptors (Lipinski definition) is 2. The molecule has 92 valence electrons. The molecule has 0 bridgehead atoms. The normalized spacial score (nSPS) is 12.8. The molecule has 0 radical (unpaired) electrons. The third-order valence-corrected chi connectivity index (χ3v) is 3.14. The first-order chi connectivity index (χ1) is 7.92. The van der Waals surface area contributed by atoms with Crippen LogP contribution in [-0.2, 0) is 4.74 Å². The molecule has 17 heavy (non-hydrogen) atoms. The zero-order valence-electron chi connectivity index (χ0n) is 11.1. The molecule has 1 atom stereocenters. The maximum absolute atomic E-state index is 5.94. The Labute approximate surface area is 105 Å². The van der Waals surface area contributed by atoms with Crippen LogP contribution < -0.4 is 5.73 Å². The average molecular weight is 247 g/mol. The lowest BCUT2D eigenvalue weighted by Gasteiger charge is -2.10. The topological polar surface area (TPSA) is 35.2 Å². The van der Waals surface area contributed by atoms with Crippen LogP contribution in [0.1, 0.15) is 17.2 Å². The second kappa shape index (κ2) is 6.01. The highest BCUT2D eigenvalue weighted by Gasteiger charge is 2.08. The number of methoxy groups -OCH3 is 1. The van der Waals surface area contributed by atoms with Gasteiger partial charge in [-0.3, -0.25) is 0 Å². The fourth-order valence-corrected chi connectivity index (χ4v) is 1.87. The fraction of sp³-hybridized carbons (Fsp3) is 0.429. The Morgan fingerprint density at radius 3 is 2.29 bits per heavy atom. The predicted octanol–water partition coefficient (Wildman–Crippen LogP) is 2.56. The van der Waals surface area contributed by atoms with Gasteiger partial charge in [-0.25, -0.2) is 0 Å². The third kappa shape index (κ3) is 5.18. The minimum absolute atomic E-state index is 0.0565. The molecule has 0 aliphatic heterocycles. The lowest BCUT2D eigenvalue weighted by Crippen LogP contribution is -2.16. The summed E-state index contributed by atoms with van der Waals surface area (Å²) >= 11 is 0. The van der Waals surface area contributed by atoms with Gasteiger partial charge in [-0.05, 0) is 17.7 Å². The van der Waals surface area contributed by atoms with Crippen molar-refractivity contribution in [1.29, 1.82) is 0 Å². The van der Waals surface area contributed by atoms with E-state index in [9.17, 15) is 0 Å². The summed E-state index contributed by atoms with van der Waals surface area (Å²) in [5.41, 5.74) is 11.4. The van der Waals surface area contributed by atoms with E-state index in [0.717, 1.165) is 11.1 Å². The van der Waals surface area contributed by atoms with Gasteiger partial charge in [-0.15, -0.1) is 5.54 Å². The van der Waals surface area contributed by atoms with Gasteiger partial charge in [0.1, 0.15) is 8.07 Å². The van der Waals surface area contributed by atoms with Gasteiger partial charge in [0.05, 0.1) is 12.6 Å². The zero-order valence-corrected chi connectivity index (χ0v) is 12.1. The van der Waals surface area contributed by atoms with Gasteiger partial charge >= 0.3 is 0 Å². The number of nitrogens with two attached hydrogens (primary N) is 1. The van der Waals surface area contributed by atoms with E-state index >= 15 is 0 Å². The summed E-state index contributed by atoms with van der Waals surface area (Å²) in [6.07, 6.45) is 0. The van der Waals surface area contributed by atoms with E-state index in [1.54, 1.807) is 7.11 Å². The molecule has 0 saturated heterocycles.